The van der Waals surface area contributed by atoms with E-state index in [0.717, 1.165) is 6.54 Å². The van der Waals surface area contributed by atoms with E-state index in [1.807, 2.05) is 23.4 Å². The molecule has 0 bridgehead atoms. The molecule has 0 saturated carbocycles. The Balaban J connectivity index is 2.24. The summed E-state index contributed by atoms with van der Waals surface area (Å²) in [6, 6.07) is 5.77. The third-order valence-electron chi connectivity index (χ3n) is 2.33. The number of nitrogens with zero attached hydrogens (tertiary/aromatic N) is 3. The number of rotatable bonds is 4. The van der Waals surface area contributed by atoms with Crippen LogP contribution in [0.1, 0.15) is 10.4 Å². The van der Waals surface area contributed by atoms with Crippen LogP contribution in [0, 0.1) is 5.41 Å². The van der Waals surface area contributed by atoms with E-state index in [1.54, 1.807) is 23.6 Å². The molecule has 3 N–H and O–H groups in total. The van der Waals surface area contributed by atoms with Gasteiger partial charge in [-0.3, -0.25) is 5.41 Å². The van der Waals surface area contributed by atoms with E-state index in [0.29, 0.717) is 11.4 Å². The minimum Gasteiger partial charge on any atom is -0.384 e. The van der Waals surface area contributed by atoms with Gasteiger partial charge in [0.05, 0.1) is 18.3 Å². The molecule has 2 aromatic heterocycles. The highest BCUT2D eigenvalue weighted by Gasteiger charge is 2.12. The smallest absolute Gasteiger partial charge is 0.162 e. The number of amidine groups is 1. The van der Waals surface area contributed by atoms with Gasteiger partial charge in [-0.15, -0.1) is 16.4 Å². The maximum absolute atomic E-state index is 7.51. The highest BCUT2D eigenvalue weighted by Crippen LogP contribution is 2.18. The first-order valence-electron chi connectivity index (χ1n) is 5.08. The van der Waals surface area contributed by atoms with Crippen LogP contribution in [0.15, 0.2) is 29.8 Å². The number of hydrogen-bond donors (Lipinski definition) is 2. The van der Waals surface area contributed by atoms with Gasteiger partial charge in [-0.05, 0) is 17.5 Å². The van der Waals surface area contributed by atoms with Crippen molar-refractivity contribution in [2.45, 2.75) is 6.54 Å². The van der Waals surface area contributed by atoms with Gasteiger partial charge in [-0.1, -0.05) is 6.07 Å². The van der Waals surface area contributed by atoms with E-state index >= 15 is 0 Å². The maximum atomic E-state index is 7.51. The highest BCUT2D eigenvalue weighted by atomic mass is 32.1. The lowest BCUT2D eigenvalue weighted by Gasteiger charge is -2.18. The second-order valence-corrected chi connectivity index (χ2v) is 4.65. The maximum Gasteiger partial charge on any atom is 0.162 e. The zero-order chi connectivity index (χ0) is 12.3. The van der Waals surface area contributed by atoms with Crippen LogP contribution in [0.25, 0.3) is 0 Å². The summed E-state index contributed by atoms with van der Waals surface area (Å²) in [6.07, 6.45) is 1.54. The Bertz CT molecular complexity index is 508. The molecule has 6 heteroatoms. The Labute approximate surface area is 103 Å². The topological polar surface area (TPSA) is 78.9 Å². The fraction of sp³-hybridized carbons (Fsp3) is 0.182. The van der Waals surface area contributed by atoms with Gasteiger partial charge >= 0.3 is 0 Å². The molecule has 0 aliphatic carbocycles. The lowest BCUT2D eigenvalue weighted by atomic mass is 10.2. The molecule has 17 heavy (non-hydrogen) atoms. The van der Waals surface area contributed by atoms with Gasteiger partial charge in [0, 0.05) is 11.9 Å². The largest absolute Gasteiger partial charge is 0.384 e. The number of nitrogens with one attached hydrogen (secondary N) is 1. The first kappa shape index (κ1) is 11.5. The van der Waals surface area contributed by atoms with E-state index in [1.165, 1.54) is 4.88 Å². The highest BCUT2D eigenvalue weighted by molar-refractivity contribution is 7.09. The Morgan fingerprint density at radius 2 is 2.35 bits per heavy atom. The predicted octanol–water partition coefficient (Wildman–Crippen LogP) is 1.46. The predicted molar refractivity (Wildman–Crippen MR) is 69.5 cm³/mol. The molecule has 2 aromatic rings. The molecule has 0 aliphatic rings. The van der Waals surface area contributed by atoms with Gasteiger partial charge in [-0.25, -0.2) is 0 Å². The van der Waals surface area contributed by atoms with Crippen LogP contribution in [-0.4, -0.2) is 23.1 Å². The summed E-state index contributed by atoms with van der Waals surface area (Å²) in [5.41, 5.74) is 6.13. The van der Waals surface area contributed by atoms with Crippen LogP contribution in [0.3, 0.4) is 0 Å². The molecule has 0 spiro atoms. The van der Waals surface area contributed by atoms with E-state index in [4.69, 9.17) is 11.1 Å². The summed E-state index contributed by atoms with van der Waals surface area (Å²) in [5.74, 6) is 0.640. The molecule has 0 aliphatic heterocycles. The van der Waals surface area contributed by atoms with Crippen LogP contribution in [-0.2, 0) is 6.54 Å². The molecular formula is C11H13N5S. The summed E-state index contributed by atoms with van der Waals surface area (Å²) in [6.45, 7) is 0.733. The van der Waals surface area contributed by atoms with Crippen molar-refractivity contribution in [3.63, 3.8) is 0 Å². The van der Waals surface area contributed by atoms with Crippen LogP contribution < -0.4 is 10.6 Å². The molecule has 2 rings (SSSR count). The van der Waals surface area contributed by atoms with Crippen LogP contribution in [0.4, 0.5) is 5.82 Å². The number of anilines is 1. The monoisotopic (exact) mass is 247 g/mol. The van der Waals surface area contributed by atoms with E-state index in [-0.39, 0.29) is 5.84 Å². The zero-order valence-electron chi connectivity index (χ0n) is 9.42. The van der Waals surface area contributed by atoms with E-state index in [2.05, 4.69) is 16.3 Å². The molecule has 0 fully saturated rings. The van der Waals surface area contributed by atoms with Gasteiger partial charge in [0.25, 0.3) is 0 Å². The summed E-state index contributed by atoms with van der Waals surface area (Å²) in [5, 5.41) is 17.4. The van der Waals surface area contributed by atoms with E-state index in [9.17, 15) is 0 Å². The SMILES string of the molecule is CN(Cc1cccs1)c1nnccc1C(=N)N. The number of aromatic nitrogens is 2. The second kappa shape index (κ2) is 4.92. The fourth-order valence-corrected chi connectivity index (χ4v) is 2.28. The van der Waals surface area contributed by atoms with Crippen molar-refractivity contribution in [3.05, 3.63) is 40.2 Å². The lowest BCUT2D eigenvalue weighted by molar-refractivity contribution is 0.873. The molecule has 88 valence electrons. The van der Waals surface area contributed by atoms with Gasteiger partial charge < -0.3 is 10.6 Å². The Kier molecular flexibility index (Phi) is 3.34. The number of hydrogen-bond acceptors (Lipinski definition) is 5. The molecule has 5 nitrogen and oxygen atoms in total. The van der Waals surface area contributed by atoms with Crippen molar-refractivity contribution in [1.82, 2.24) is 10.2 Å². The molecule has 0 saturated heterocycles. The van der Waals surface area contributed by atoms with Crippen LogP contribution in [0.5, 0.6) is 0 Å². The minimum atomic E-state index is 0.00734. The molecule has 0 radical (unpaired) electrons. The summed E-state index contributed by atoms with van der Waals surface area (Å²) < 4.78 is 0. The molecule has 0 unspecified atom stereocenters. The number of thiophene rings is 1. The van der Waals surface area contributed by atoms with Crippen molar-refractivity contribution in [2.24, 2.45) is 5.73 Å². The van der Waals surface area contributed by atoms with E-state index < -0.39 is 0 Å². The second-order valence-electron chi connectivity index (χ2n) is 3.62. The zero-order valence-corrected chi connectivity index (χ0v) is 10.2. The first-order valence-corrected chi connectivity index (χ1v) is 5.96. The molecular weight excluding hydrogens is 234 g/mol. The van der Waals surface area contributed by atoms with Crippen molar-refractivity contribution >= 4 is 23.0 Å². The standard InChI is InChI=1S/C11H13N5S/c1-16(7-8-3-2-6-17-8)11-9(10(12)13)4-5-14-15-11/h2-6H,7H2,1H3,(H3,12,13). The molecule has 0 amide bonds. The van der Waals surface area contributed by atoms with Crippen LogP contribution >= 0.6 is 11.3 Å². The summed E-state index contributed by atoms with van der Waals surface area (Å²) in [7, 11) is 1.91. The van der Waals surface area contributed by atoms with Crippen LogP contribution in [0.2, 0.25) is 0 Å². The third-order valence-corrected chi connectivity index (χ3v) is 3.19. The average Bonchev–Trinajstić information content (AvgIpc) is 2.81. The normalized spacial score (nSPS) is 10.2. The van der Waals surface area contributed by atoms with Gasteiger partial charge in [0.2, 0.25) is 0 Å². The summed E-state index contributed by atoms with van der Waals surface area (Å²) >= 11 is 1.69. The fourth-order valence-electron chi connectivity index (χ4n) is 1.53. The van der Waals surface area contributed by atoms with Gasteiger partial charge in [0.1, 0.15) is 5.84 Å². The Morgan fingerprint density at radius 3 is 3.00 bits per heavy atom. The minimum absolute atomic E-state index is 0.00734. The number of nitrogen functional groups attached to an aromatic ring is 1. The van der Waals surface area contributed by atoms with Gasteiger partial charge in [-0.2, -0.15) is 5.10 Å². The lowest BCUT2D eigenvalue weighted by Crippen LogP contribution is -2.23. The van der Waals surface area contributed by atoms with Crippen molar-refractivity contribution in [3.8, 4) is 0 Å². The molecule has 0 aromatic carbocycles. The Morgan fingerprint density at radius 1 is 1.53 bits per heavy atom. The molecule has 2 heterocycles. The van der Waals surface area contributed by atoms with Crippen molar-refractivity contribution in [1.29, 1.82) is 5.41 Å². The summed E-state index contributed by atoms with van der Waals surface area (Å²) in [4.78, 5) is 3.17. The molecule has 0 atom stereocenters. The quantitative estimate of drug-likeness (QED) is 0.633. The van der Waals surface area contributed by atoms with Crippen molar-refractivity contribution < 1.29 is 0 Å². The Hall–Kier alpha value is -1.95. The number of nitrogens with two attached hydrogens (primary N) is 1. The third kappa shape index (κ3) is 2.59. The first-order chi connectivity index (χ1) is 8.18. The average molecular weight is 247 g/mol. The van der Waals surface area contributed by atoms with Crippen molar-refractivity contribution in [2.75, 3.05) is 11.9 Å². The van der Waals surface area contributed by atoms with Gasteiger partial charge in [0.15, 0.2) is 5.82 Å².